The van der Waals surface area contributed by atoms with Crippen LogP contribution < -0.4 is 10.6 Å². The molecular formula is C17H20N2O3S. The molecule has 5 nitrogen and oxygen atoms in total. The topological polar surface area (TPSA) is 67.4 Å². The number of benzene rings is 1. The van der Waals surface area contributed by atoms with Gasteiger partial charge >= 0.3 is 0 Å². The average molecular weight is 332 g/mol. The molecule has 0 spiro atoms. The first kappa shape index (κ1) is 17.2. The summed E-state index contributed by atoms with van der Waals surface area (Å²) in [6.07, 6.45) is 0.318. The first-order chi connectivity index (χ1) is 11.2. The number of thiophene rings is 1. The molecule has 2 aromatic rings. The Balaban J connectivity index is 1.77. The second-order valence-corrected chi connectivity index (χ2v) is 5.95. The maximum Gasteiger partial charge on any atom is 0.250 e. The van der Waals surface area contributed by atoms with Gasteiger partial charge in [-0.25, -0.2) is 0 Å². The molecule has 0 aliphatic rings. The van der Waals surface area contributed by atoms with E-state index in [-0.39, 0.29) is 18.4 Å². The SMILES string of the molecule is CCOCC(=O)Nc1ccc(CC(=O)NCc2cccs2)cc1. The van der Waals surface area contributed by atoms with E-state index in [1.165, 1.54) is 0 Å². The van der Waals surface area contributed by atoms with Crippen LogP contribution in [-0.2, 0) is 27.3 Å². The molecule has 1 aromatic carbocycles. The van der Waals surface area contributed by atoms with Crippen LogP contribution in [0.25, 0.3) is 0 Å². The molecule has 1 heterocycles. The van der Waals surface area contributed by atoms with Gasteiger partial charge in [-0.05, 0) is 36.1 Å². The molecule has 6 heteroatoms. The van der Waals surface area contributed by atoms with Gasteiger partial charge in [0, 0.05) is 17.2 Å². The van der Waals surface area contributed by atoms with E-state index < -0.39 is 0 Å². The summed E-state index contributed by atoms with van der Waals surface area (Å²) in [6, 6.07) is 11.2. The standard InChI is InChI=1S/C17H20N2O3S/c1-2-22-12-17(21)19-14-7-5-13(6-8-14)10-16(20)18-11-15-4-3-9-23-15/h3-9H,2,10-12H2,1H3,(H,18,20)(H,19,21). The Morgan fingerprint density at radius 3 is 2.57 bits per heavy atom. The van der Waals surface area contributed by atoms with E-state index in [1.54, 1.807) is 23.5 Å². The highest BCUT2D eigenvalue weighted by Gasteiger charge is 2.05. The lowest BCUT2D eigenvalue weighted by molar-refractivity contribution is -0.121. The van der Waals surface area contributed by atoms with Gasteiger partial charge in [0.05, 0.1) is 13.0 Å². The van der Waals surface area contributed by atoms with Gasteiger partial charge in [-0.15, -0.1) is 11.3 Å². The van der Waals surface area contributed by atoms with E-state index in [0.29, 0.717) is 25.3 Å². The van der Waals surface area contributed by atoms with Gasteiger partial charge in [-0.1, -0.05) is 18.2 Å². The van der Waals surface area contributed by atoms with Crippen LogP contribution in [0.3, 0.4) is 0 Å². The summed E-state index contributed by atoms with van der Waals surface area (Å²) in [5.74, 6) is -0.208. The van der Waals surface area contributed by atoms with E-state index in [2.05, 4.69) is 10.6 Å². The number of hydrogen-bond donors (Lipinski definition) is 2. The van der Waals surface area contributed by atoms with Crippen molar-refractivity contribution in [3.05, 3.63) is 52.2 Å². The van der Waals surface area contributed by atoms with Crippen LogP contribution in [0.4, 0.5) is 5.69 Å². The predicted octanol–water partition coefficient (Wildman–Crippen LogP) is 2.58. The normalized spacial score (nSPS) is 10.3. The van der Waals surface area contributed by atoms with Crippen molar-refractivity contribution in [3.63, 3.8) is 0 Å². The minimum Gasteiger partial charge on any atom is -0.372 e. The maximum atomic E-state index is 11.9. The highest BCUT2D eigenvalue weighted by Crippen LogP contribution is 2.11. The molecule has 122 valence electrons. The third kappa shape index (κ3) is 6.22. The fourth-order valence-electron chi connectivity index (χ4n) is 1.94. The third-order valence-corrected chi connectivity index (χ3v) is 3.96. The lowest BCUT2D eigenvalue weighted by Gasteiger charge is -2.07. The van der Waals surface area contributed by atoms with Crippen LogP contribution in [0.1, 0.15) is 17.4 Å². The molecule has 1 aromatic heterocycles. The van der Waals surface area contributed by atoms with Gasteiger partial charge in [0.25, 0.3) is 0 Å². The Morgan fingerprint density at radius 1 is 1.13 bits per heavy atom. The zero-order chi connectivity index (χ0) is 16.5. The van der Waals surface area contributed by atoms with Gasteiger partial charge < -0.3 is 15.4 Å². The van der Waals surface area contributed by atoms with E-state index in [0.717, 1.165) is 10.4 Å². The maximum absolute atomic E-state index is 11.9. The molecule has 2 N–H and O–H groups in total. The molecule has 0 saturated heterocycles. The molecule has 2 amide bonds. The molecule has 2 rings (SSSR count). The van der Waals surface area contributed by atoms with E-state index in [9.17, 15) is 9.59 Å². The van der Waals surface area contributed by atoms with Crippen LogP contribution in [0.2, 0.25) is 0 Å². The number of ether oxygens (including phenoxy) is 1. The van der Waals surface area contributed by atoms with Crippen molar-refractivity contribution in [2.75, 3.05) is 18.5 Å². The minimum atomic E-state index is -0.187. The number of amides is 2. The first-order valence-electron chi connectivity index (χ1n) is 7.43. The monoisotopic (exact) mass is 332 g/mol. The van der Waals surface area contributed by atoms with Crippen molar-refractivity contribution in [1.29, 1.82) is 0 Å². The van der Waals surface area contributed by atoms with Gasteiger partial charge in [0.15, 0.2) is 0 Å². The molecule has 0 saturated carbocycles. The number of hydrogen-bond acceptors (Lipinski definition) is 4. The van der Waals surface area contributed by atoms with Crippen molar-refractivity contribution >= 4 is 28.8 Å². The van der Waals surface area contributed by atoms with E-state index >= 15 is 0 Å². The Morgan fingerprint density at radius 2 is 1.91 bits per heavy atom. The van der Waals surface area contributed by atoms with E-state index in [1.807, 2.05) is 36.6 Å². The fourth-order valence-corrected chi connectivity index (χ4v) is 2.59. The number of carbonyl (C=O) groups is 2. The minimum absolute atomic E-state index is 0.0217. The number of nitrogens with one attached hydrogen (secondary N) is 2. The quantitative estimate of drug-likeness (QED) is 0.781. The zero-order valence-corrected chi connectivity index (χ0v) is 13.8. The smallest absolute Gasteiger partial charge is 0.250 e. The van der Waals surface area contributed by atoms with Crippen LogP contribution in [0.5, 0.6) is 0 Å². The Hall–Kier alpha value is -2.18. The summed E-state index contributed by atoms with van der Waals surface area (Å²) in [4.78, 5) is 24.6. The second-order valence-electron chi connectivity index (χ2n) is 4.92. The van der Waals surface area contributed by atoms with Gasteiger partial charge in [0.2, 0.25) is 11.8 Å². The fraction of sp³-hybridized carbons (Fsp3) is 0.294. The summed E-state index contributed by atoms with van der Waals surface area (Å²) >= 11 is 1.62. The molecule has 0 atom stereocenters. The van der Waals surface area contributed by atoms with Crippen molar-refractivity contribution in [2.24, 2.45) is 0 Å². The van der Waals surface area contributed by atoms with E-state index in [4.69, 9.17) is 4.74 Å². The van der Waals surface area contributed by atoms with Crippen molar-refractivity contribution in [3.8, 4) is 0 Å². The second kappa shape index (κ2) is 9.07. The van der Waals surface area contributed by atoms with Crippen molar-refractivity contribution in [2.45, 2.75) is 19.9 Å². The summed E-state index contributed by atoms with van der Waals surface area (Å²) < 4.78 is 5.04. The summed E-state index contributed by atoms with van der Waals surface area (Å²) in [5.41, 5.74) is 1.59. The molecular weight excluding hydrogens is 312 g/mol. The van der Waals surface area contributed by atoms with Crippen LogP contribution in [-0.4, -0.2) is 25.0 Å². The highest BCUT2D eigenvalue weighted by molar-refractivity contribution is 7.09. The number of anilines is 1. The van der Waals surface area contributed by atoms with Crippen molar-refractivity contribution < 1.29 is 14.3 Å². The number of rotatable bonds is 8. The predicted molar refractivity (Wildman–Crippen MR) is 91.4 cm³/mol. The van der Waals surface area contributed by atoms with Crippen LogP contribution in [0, 0.1) is 0 Å². The lowest BCUT2D eigenvalue weighted by atomic mass is 10.1. The largest absolute Gasteiger partial charge is 0.372 e. The molecule has 0 unspecified atom stereocenters. The van der Waals surface area contributed by atoms with Crippen molar-refractivity contribution in [1.82, 2.24) is 5.32 Å². The molecule has 0 radical (unpaired) electrons. The summed E-state index contributed by atoms with van der Waals surface area (Å²) in [7, 11) is 0. The van der Waals surface area contributed by atoms with Crippen LogP contribution in [0.15, 0.2) is 41.8 Å². The molecule has 0 aliphatic heterocycles. The third-order valence-electron chi connectivity index (χ3n) is 3.08. The van der Waals surface area contributed by atoms with Gasteiger partial charge in [-0.3, -0.25) is 9.59 Å². The summed E-state index contributed by atoms with van der Waals surface area (Å²) in [6.45, 7) is 2.95. The van der Waals surface area contributed by atoms with Crippen LogP contribution >= 0.6 is 11.3 Å². The average Bonchev–Trinajstić information content (AvgIpc) is 3.06. The summed E-state index contributed by atoms with van der Waals surface area (Å²) in [5, 5.41) is 7.61. The highest BCUT2D eigenvalue weighted by atomic mass is 32.1. The molecule has 0 fully saturated rings. The number of carbonyl (C=O) groups excluding carboxylic acids is 2. The molecule has 0 bridgehead atoms. The van der Waals surface area contributed by atoms with Gasteiger partial charge in [0.1, 0.15) is 6.61 Å². The Kier molecular flexibility index (Phi) is 6.77. The Bertz CT molecular complexity index is 624. The molecule has 0 aliphatic carbocycles. The van der Waals surface area contributed by atoms with Gasteiger partial charge in [-0.2, -0.15) is 0 Å². The molecule has 23 heavy (non-hydrogen) atoms. The Labute approximate surface area is 139 Å². The first-order valence-corrected chi connectivity index (χ1v) is 8.31. The zero-order valence-electron chi connectivity index (χ0n) is 13.0. The lowest BCUT2D eigenvalue weighted by Crippen LogP contribution is -2.24.